The second-order valence-corrected chi connectivity index (χ2v) is 4.46. The van der Waals surface area contributed by atoms with Crippen LogP contribution in [0, 0.1) is 5.92 Å². The summed E-state index contributed by atoms with van der Waals surface area (Å²) in [6.45, 7) is 6.85. The van der Waals surface area contributed by atoms with Crippen LogP contribution in [0.2, 0.25) is 0 Å². The summed E-state index contributed by atoms with van der Waals surface area (Å²) in [5.41, 5.74) is 0. The van der Waals surface area contributed by atoms with Gasteiger partial charge in [0.25, 0.3) is 0 Å². The summed E-state index contributed by atoms with van der Waals surface area (Å²) in [4.78, 5) is 19.7. The molecule has 0 aromatic rings. The first-order valence-corrected chi connectivity index (χ1v) is 7.19. The molecule has 0 amide bonds. The third-order valence-electron chi connectivity index (χ3n) is 2.71. The van der Waals surface area contributed by atoms with E-state index in [1.807, 2.05) is 6.92 Å². The molecule has 0 aliphatic carbocycles. The Hall–Kier alpha value is -1.46. The van der Waals surface area contributed by atoms with Crippen LogP contribution in [0.25, 0.3) is 0 Å². The topological polar surface area (TPSA) is 93.1 Å². The lowest BCUT2D eigenvalue weighted by Gasteiger charge is -2.12. The van der Waals surface area contributed by atoms with E-state index in [4.69, 9.17) is 10.2 Å². The molecule has 0 aromatic heterocycles. The summed E-state index contributed by atoms with van der Waals surface area (Å²) >= 11 is 0. The maximum absolute atomic E-state index is 10.1. The number of unbranched alkanes of at least 4 members (excludes halogenated alkanes) is 2. The highest BCUT2D eigenvalue weighted by molar-refractivity contribution is 5.56. The standard InChI is InChI=1S/C9H18O3.C5H10O3/c1-3-5-6-8(4-2)7-12-9(10)11;1-2-3-4-8-5(6)7/h8H,3-7H2,1-2H3,(H,10,11);2-4H2,1H3,(H,6,7). The average Bonchev–Trinajstić information content (AvgIpc) is 2.39. The highest BCUT2D eigenvalue weighted by Gasteiger charge is 2.07. The van der Waals surface area contributed by atoms with Crippen molar-refractivity contribution >= 4 is 12.3 Å². The number of carboxylic acid groups (broad SMARTS) is 2. The molecule has 0 rings (SSSR count). The van der Waals surface area contributed by atoms with E-state index < -0.39 is 12.3 Å². The fourth-order valence-electron chi connectivity index (χ4n) is 1.39. The molecular weight excluding hydrogens is 264 g/mol. The molecule has 0 saturated carbocycles. The minimum absolute atomic E-state index is 0.325. The Kier molecular flexibility index (Phi) is 16.3. The predicted molar refractivity (Wildman–Crippen MR) is 76.2 cm³/mol. The van der Waals surface area contributed by atoms with Gasteiger partial charge in [-0.15, -0.1) is 0 Å². The summed E-state index contributed by atoms with van der Waals surface area (Å²) in [5.74, 6) is 0.404. The lowest BCUT2D eigenvalue weighted by Crippen LogP contribution is -2.11. The molecule has 2 N–H and O–H groups in total. The Bertz CT molecular complexity index is 242. The molecule has 1 atom stereocenters. The summed E-state index contributed by atoms with van der Waals surface area (Å²) in [6, 6.07) is 0. The van der Waals surface area contributed by atoms with Gasteiger partial charge in [-0.2, -0.15) is 0 Å². The monoisotopic (exact) mass is 292 g/mol. The van der Waals surface area contributed by atoms with Crippen LogP contribution in [-0.2, 0) is 9.47 Å². The van der Waals surface area contributed by atoms with Gasteiger partial charge in [-0.1, -0.05) is 46.5 Å². The first kappa shape index (κ1) is 20.8. The van der Waals surface area contributed by atoms with E-state index in [2.05, 4.69) is 23.3 Å². The fourth-order valence-corrected chi connectivity index (χ4v) is 1.39. The molecule has 0 saturated heterocycles. The highest BCUT2D eigenvalue weighted by Crippen LogP contribution is 2.12. The van der Waals surface area contributed by atoms with E-state index in [9.17, 15) is 9.59 Å². The van der Waals surface area contributed by atoms with Crippen LogP contribution in [0.15, 0.2) is 0 Å². The largest absolute Gasteiger partial charge is 0.505 e. The number of hydrogen-bond acceptors (Lipinski definition) is 4. The molecule has 0 heterocycles. The summed E-state index contributed by atoms with van der Waals surface area (Å²) < 4.78 is 8.71. The molecule has 6 nitrogen and oxygen atoms in total. The number of carbonyl (C=O) groups is 2. The predicted octanol–water partition coefficient (Wildman–Crippen LogP) is 4.38. The Morgan fingerprint density at radius 3 is 1.90 bits per heavy atom. The van der Waals surface area contributed by atoms with Gasteiger partial charge in [0.1, 0.15) is 0 Å². The molecular formula is C14H28O6. The van der Waals surface area contributed by atoms with Gasteiger partial charge >= 0.3 is 12.3 Å². The van der Waals surface area contributed by atoms with E-state index >= 15 is 0 Å². The second-order valence-electron chi connectivity index (χ2n) is 4.46. The van der Waals surface area contributed by atoms with Crippen LogP contribution in [0.5, 0.6) is 0 Å². The summed E-state index contributed by atoms with van der Waals surface area (Å²) in [6.07, 6.45) is 3.81. The van der Waals surface area contributed by atoms with E-state index in [0.29, 0.717) is 19.1 Å². The molecule has 0 aliphatic heterocycles. The van der Waals surface area contributed by atoms with Crippen LogP contribution in [0.3, 0.4) is 0 Å². The van der Waals surface area contributed by atoms with E-state index in [1.165, 1.54) is 0 Å². The van der Waals surface area contributed by atoms with Gasteiger partial charge in [0, 0.05) is 0 Å². The van der Waals surface area contributed by atoms with Crippen molar-refractivity contribution in [2.45, 2.75) is 59.3 Å². The first-order valence-electron chi connectivity index (χ1n) is 7.19. The average molecular weight is 292 g/mol. The van der Waals surface area contributed by atoms with Crippen LogP contribution in [-0.4, -0.2) is 35.7 Å². The first-order chi connectivity index (χ1) is 9.47. The summed E-state index contributed by atoms with van der Waals surface area (Å²) in [5, 5.41) is 16.2. The van der Waals surface area contributed by atoms with Gasteiger partial charge in [-0.05, 0) is 18.8 Å². The quantitative estimate of drug-likeness (QED) is 0.484. The molecule has 6 heteroatoms. The molecule has 0 aliphatic rings. The Balaban J connectivity index is 0. The highest BCUT2D eigenvalue weighted by atomic mass is 16.7. The number of rotatable bonds is 9. The van der Waals surface area contributed by atoms with Gasteiger partial charge in [0.05, 0.1) is 13.2 Å². The zero-order valence-corrected chi connectivity index (χ0v) is 12.8. The fraction of sp³-hybridized carbons (Fsp3) is 0.857. The van der Waals surface area contributed by atoms with Crippen molar-refractivity contribution in [1.29, 1.82) is 0 Å². The molecule has 1 unspecified atom stereocenters. The van der Waals surface area contributed by atoms with Crippen molar-refractivity contribution in [3.05, 3.63) is 0 Å². The zero-order valence-electron chi connectivity index (χ0n) is 12.8. The maximum atomic E-state index is 10.1. The number of hydrogen-bond donors (Lipinski definition) is 2. The third kappa shape index (κ3) is 18.9. The summed E-state index contributed by atoms with van der Waals surface area (Å²) in [7, 11) is 0. The van der Waals surface area contributed by atoms with E-state index in [1.54, 1.807) is 0 Å². The van der Waals surface area contributed by atoms with E-state index in [-0.39, 0.29) is 0 Å². The van der Waals surface area contributed by atoms with Gasteiger partial charge in [-0.25, -0.2) is 9.59 Å². The van der Waals surface area contributed by atoms with Crippen molar-refractivity contribution in [2.75, 3.05) is 13.2 Å². The van der Waals surface area contributed by atoms with E-state index in [0.717, 1.165) is 38.5 Å². The van der Waals surface area contributed by atoms with Crippen LogP contribution >= 0.6 is 0 Å². The Morgan fingerprint density at radius 1 is 0.950 bits per heavy atom. The van der Waals surface area contributed by atoms with Gasteiger partial charge in [-0.3, -0.25) is 0 Å². The second kappa shape index (κ2) is 15.6. The van der Waals surface area contributed by atoms with Crippen molar-refractivity contribution in [3.8, 4) is 0 Å². The van der Waals surface area contributed by atoms with Crippen molar-refractivity contribution in [1.82, 2.24) is 0 Å². The van der Waals surface area contributed by atoms with Gasteiger partial charge < -0.3 is 19.7 Å². The molecule has 0 radical (unpaired) electrons. The third-order valence-corrected chi connectivity index (χ3v) is 2.71. The minimum Gasteiger partial charge on any atom is -0.450 e. The Labute approximate surface area is 121 Å². The number of ether oxygens (including phenoxy) is 2. The SMILES string of the molecule is CCCCC(CC)COC(=O)O.CCCCOC(=O)O. The molecule has 0 bridgehead atoms. The van der Waals surface area contributed by atoms with Crippen LogP contribution < -0.4 is 0 Å². The molecule has 120 valence electrons. The molecule has 20 heavy (non-hydrogen) atoms. The van der Waals surface area contributed by atoms with Crippen molar-refractivity contribution in [3.63, 3.8) is 0 Å². The normalized spacial score (nSPS) is 10.9. The Morgan fingerprint density at radius 2 is 1.50 bits per heavy atom. The van der Waals surface area contributed by atoms with Crippen LogP contribution in [0.1, 0.15) is 59.3 Å². The zero-order chi connectivity index (χ0) is 15.8. The van der Waals surface area contributed by atoms with Gasteiger partial charge in [0.15, 0.2) is 0 Å². The smallest absolute Gasteiger partial charge is 0.450 e. The maximum Gasteiger partial charge on any atom is 0.505 e. The molecule has 0 aromatic carbocycles. The lowest BCUT2D eigenvalue weighted by atomic mass is 10.0. The lowest BCUT2D eigenvalue weighted by molar-refractivity contribution is 0.0743. The minimum atomic E-state index is -1.18. The molecule has 0 fully saturated rings. The van der Waals surface area contributed by atoms with Gasteiger partial charge in [0.2, 0.25) is 0 Å². The van der Waals surface area contributed by atoms with Crippen molar-refractivity contribution in [2.24, 2.45) is 5.92 Å². The van der Waals surface area contributed by atoms with Crippen molar-refractivity contribution < 1.29 is 29.3 Å². The molecule has 0 spiro atoms. The van der Waals surface area contributed by atoms with Crippen LogP contribution in [0.4, 0.5) is 9.59 Å².